The van der Waals surface area contributed by atoms with Gasteiger partial charge in [0.15, 0.2) is 6.10 Å². The van der Waals surface area contributed by atoms with Gasteiger partial charge in [0.05, 0.1) is 0 Å². The summed E-state index contributed by atoms with van der Waals surface area (Å²) < 4.78 is 16.9. The first-order chi connectivity index (χ1) is 35.0. The SMILES string of the molecule is CC/C=C\C/C=C\C/C=C\CCCCCCCCCC(=O)OC(COC(=O)CCCCCCCCCCC)COC(=O)CCCCCCCCCCCCCCCCC/C=C\CCCCCCCCCC. The Labute approximate surface area is 441 Å². The minimum Gasteiger partial charge on any atom is -0.462 e. The molecule has 0 saturated heterocycles. The Morgan fingerprint density at radius 3 is 0.873 bits per heavy atom. The molecule has 0 bridgehead atoms. The molecule has 0 aliphatic rings. The molecule has 0 aliphatic heterocycles. The summed E-state index contributed by atoms with van der Waals surface area (Å²) in [6.45, 7) is 6.54. The molecule has 414 valence electrons. The molecule has 0 amide bonds. The van der Waals surface area contributed by atoms with Crippen molar-refractivity contribution in [2.75, 3.05) is 13.2 Å². The van der Waals surface area contributed by atoms with Crippen LogP contribution in [0, 0.1) is 0 Å². The van der Waals surface area contributed by atoms with Crippen LogP contribution in [0.4, 0.5) is 0 Å². The van der Waals surface area contributed by atoms with Gasteiger partial charge in [-0.3, -0.25) is 14.4 Å². The van der Waals surface area contributed by atoms with Crippen molar-refractivity contribution in [1.82, 2.24) is 0 Å². The summed E-state index contributed by atoms with van der Waals surface area (Å²) in [5.74, 6) is -0.870. The summed E-state index contributed by atoms with van der Waals surface area (Å²) in [4.78, 5) is 38.1. The van der Waals surface area contributed by atoms with Crippen molar-refractivity contribution >= 4 is 17.9 Å². The third kappa shape index (κ3) is 58.1. The summed E-state index contributed by atoms with van der Waals surface area (Å²) in [6.07, 6.45) is 74.2. The van der Waals surface area contributed by atoms with Crippen LogP contribution in [0.1, 0.15) is 329 Å². The molecule has 0 aromatic rings. The number of carbonyl (C=O) groups is 3. The van der Waals surface area contributed by atoms with Gasteiger partial charge in [0.2, 0.25) is 0 Å². The normalized spacial score (nSPS) is 12.3. The minimum absolute atomic E-state index is 0.0737. The average Bonchev–Trinajstić information content (AvgIpc) is 3.37. The molecular weight excluding hydrogens is 877 g/mol. The number of esters is 3. The van der Waals surface area contributed by atoms with Gasteiger partial charge >= 0.3 is 17.9 Å². The summed E-state index contributed by atoms with van der Waals surface area (Å²) in [6, 6.07) is 0. The topological polar surface area (TPSA) is 78.9 Å². The average molecular weight is 996 g/mol. The van der Waals surface area contributed by atoms with Gasteiger partial charge in [0, 0.05) is 19.3 Å². The standard InChI is InChI=1S/C65H118O6/c1-4-7-10-13-16-19-21-23-25-27-28-29-30-31-32-33-34-35-36-38-39-41-43-46-49-52-55-58-64(67)70-61-62(60-69-63(66)57-54-51-48-45-18-15-12-9-6-3)71-65(68)59-56-53-50-47-44-42-40-37-26-24-22-20-17-14-11-8-5-2/h8,11,17,20,24,26-28,62H,4-7,9-10,12-16,18-19,21-23,25,29-61H2,1-3H3/b11-8-,20-17-,26-24-,28-27-. The van der Waals surface area contributed by atoms with Crippen molar-refractivity contribution in [3.63, 3.8) is 0 Å². The molecular formula is C65H118O6. The van der Waals surface area contributed by atoms with E-state index in [1.54, 1.807) is 0 Å². The largest absolute Gasteiger partial charge is 0.462 e. The molecule has 0 N–H and O–H groups in total. The first-order valence-electron chi connectivity index (χ1n) is 31.1. The second kappa shape index (κ2) is 59.9. The van der Waals surface area contributed by atoms with Crippen LogP contribution in [0.15, 0.2) is 48.6 Å². The smallest absolute Gasteiger partial charge is 0.306 e. The molecule has 6 nitrogen and oxygen atoms in total. The van der Waals surface area contributed by atoms with Gasteiger partial charge in [0.25, 0.3) is 0 Å². The molecule has 71 heavy (non-hydrogen) atoms. The number of carbonyl (C=O) groups excluding carboxylic acids is 3. The molecule has 1 atom stereocenters. The Balaban J connectivity index is 4.14. The van der Waals surface area contributed by atoms with Crippen molar-refractivity contribution in [2.45, 2.75) is 335 Å². The van der Waals surface area contributed by atoms with Crippen molar-refractivity contribution < 1.29 is 28.6 Å². The molecule has 1 unspecified atom stereocenters. The van der Waals surface area contributed by atoms with Crippen LogP contribution in [0.2, 0.25) is 0 Å². The highest BCUT2D eigenvalue weighted by molar-refractivity contribution is 5.71. The van der Waals surface area contributed by atoms with E-state index < -0.39 is 6.10 Å². The van der Waals surface area contributed by atoms with E-state index in [9.17, 15) is 14.4 Å². The first-order valence-corrected chi connectivity index (χ1v) is 31.1. The number of allylic oxidation sites excluding steroid dienone is 8. The van der Waals surface area contributed by atoms with Gasteiger partial charge in [-0.25, -0.2) is 0 Å². The number of ether oxygens (including phenoxy) is 3. The zero-order valence-corrected chi connectivity index (χ0v) is 47.5. The molecule has 0 fully saturated rings. The van der Waals surface area contributed by atoms with E-state index in [4.69, 9.17) is 14.2 Å². The monoisotopic (exact) mass is 995 g/mol. The summed E-state index contributed by atoms with van der Waals surface area (Å²) in [5.41, 5.74) is 0. The fourth-order valence-corrected chi connectivity index (χ4v) is 9.16. The maximum atomic E-state index is 12.8. The zero-order valence-electron chi connectivity index (χ0n) is 47.5. The maximum Gasteiger partial charge on any atom is 0.306 e. The Hall–Kier alpha value is -2.63. The van der Waals surface area contributed by atoms with Crippen LogP contribution < -0.4 is 0 Å². The molecule has 0 radical (unpaired) electrons. The number of hydrogen-bond acceptors (Lipinski definition) is 6. The Bertz CT molecular complexity index is 1230. The Morgan fingerprint density at radius 1 is 0.296 bits per heavy atom. The van der Waals surface area contributed by atoms with E-state index in [0.717, 1.165) is 83.5 Å². The van der Waals surface area contributed by atoms with Gasteiger partial charge in [0.1, 0.15) is 13.2 Å². The lowest BCUT2D eigenvalue weighted by molar-refractivity contribution is -0.167. The molecule has 6 heteroatoms. The molecule has 0 aromatic heterocycles. The van der Waals surface area contributed by atoms with Crippen LogP contribution in [0.25, 0.3) is 0 Å². The Morgan fingerprint density at radius 2 is 0.549 bits per heavy atom. The van der Waals surface area contributed by atoms with E-state index in [1.165, 1.54) is 205 Å². The van der Waals surface area contributed by atoms with Crippen LogP contribution in [0.3, 0.4) is 0 Å². The third-order valence-electron chi connectivity index (χ3n) is 13.8. The first kappa shape index (κ1) is 68.4. The molecule has 0 spiro atoms. The van der Waals surface area contributed by atoms with E-state index >= 15 is 0 Å². The highest BCUT2D eigenvalue weighted by Gasteiger charge is 2.19. The molecule has 0 saturated carbocycles. The van der Waals surface area contributed by atoms with Crippen molar-refractivity contribution in [2.24, 2.45) is 0 Å². The van der Waals surface area contributed by atoms with Gasteiger partial charge in [-0.15, -0.1) is 0 Å². The Kier molecular flexibility index (Phi) is 57.7. The van der Waals surface area contributed by atoms with Crippen molar-refractivity contribution in [3.05, 3.63) is 48.6 Å². The van der Waals surface area contributed by atoms with Gasteiger partial charge < -0.3 is 14.2 Å². The lowest BCUT2D eigenvalue weighted by Gasteiger charge is -2.18. The maximum absolute atomic E-state index is 12.8. The van der Waals surface area contributed by atoms with E-state index in [2.05, 4.69) is 69.4 Å². The van der Waals surface area contributed by atoms with E-state index in [0.29, 0.717) is 19.3 Å². The predicted octanol–water partition coefficient (Wildman–Crippen LogP) is 21.0. The fourth-order valence-electron chi connectivity index (χ4n) is 9.16. The fraction of sp³-hybridized carbons (Fsp3) is 0.831. The van der Waals surface area contributed by atoms with E-state index in [-0.39, 0.29) is 31.1 Å². The summed E-state index contributed by atoms with van der Waals surface area (Å²) >= 11 is 0. The number of unbranched alkanes of at least 4 members (excludes halogenated alkanes) is 38. The van der Waals surface area contributed by atoms with Crippen LogP contribution >= 0.6 is 0 Å². The lowest BCUT2D eigenvalue weighted by atomic mass is 10.0. The van der Waals surface area contributed by atoms with Gasteiger partial charge in [-0.2, -0.15) is 0 Å². The highest BCUT2D eigenvalue weighted by Crippen LogP contribution is 2.17. The van der Waals surface area contributed by atoms with Crippen LogP contribution in [-0.2, 0) is 28.6 Å². The zero-order chi connectivity index (χ0) is 51.4. The van der Waals surface area contributed by atoms with Crippen LogP contribution in [0.5, 0.6) is 0 Å². The van der Waals surface area contributed by atoms with Crippen molar-refractivity contribution in [1.29, 1.82) is 0 Å². The lowest BCUT2D eigenvalue weighted by Crippen LogP contribution is -2.30. The van der Waals surface area contributed by atoms with Gasteiger partial charge in [-0.05, 0) is 77.0 Å². The summed E-state index contributed by atoms with van der Waals surface area (Å²) in [5, 5.41) is 0. The number of hydrogen-bond donors (Lipinski definition) is 0. The minimum atomic E-state index is -0.775. The van der Waals surface area contributed by atoms with Crippen LogP contribution in [-0.4, -0.2) is 37.2 Å². The quantitative estimate of drug-likeness (QED) is 0.0261. The molecule has 0 aromatic carbocycles. The molecule has 0 aliphatic carbocycles. The van der Waals surface area contributed by atoms with Crippen molar-refractivity contribution in [3.8, 4) is 0 Å². The second-order valence-electron chi connectivity index (χ2n) is 20.9. The predicted molar refractivity (Wildman–Crippen MR) is 307 cm³/mol. The number of rotatable bonds is 57. The molecule has 0 heterocycles. The highest BCUT2D eigenvalue weighted by atomic mass is 16.6. The molecule has 0 rings (SSSR count). The summed E-state index contributed by atoms with van der Waals surface area (Å²) in [7, 11) is 0. The van der Waals surface area contributed by atoms with Gasteiger partial charge in [-0.1, -0.05) is 281 Å². The second-order valence-corrected chi connectivity index (χ2v) is 20.9. The third-order valence-corrected chi connectivity index (χ3v) is 13.8. The van der Waals surface area contributed by atoms with E-state index in [1.807, 2.05) is 0 Å².